The van der Waals surface area contributed by atoms with Crippen molar-refractivity contribution in [3.8, 4) is 5.75 Å². The van der Waals surface area contributed by atoms with E-state index in [0.29, 0.717) is 11.3 Å². The van der Waals surface area contributed by atoms with Gasteiger partial charge in [-0.05, 0) is 55.0 Å². The number of amides is 2. The third-order valence-corrected chi connectivity index (χ3v) is 3.69. The lowest BCUT2D eigenvalue weighted by molar-refractivity contribution is -0.114. The number of nitrogens with one attached hydrogen (secondary N) is 2. The van der Waals surface area contributed by atoms with Crippen molar-refractivity contribution in [1.82, 2.24) is 4.90 Å². The molecule has 25 heavy (non-hydrogen) atoms. The molecule has 0 atom stereocenters. The van der Waals surface area contributed by atoms with E-state index in [1.165, 1.54) is 4.90 Å². The van der Waals surface area contributed by atoms with Crippen molar-refractivity contribution >= 4 is 23.2 Å². The molecule has 2 amide bonds. The van der Waals surface area contributed by atoms with Gasteiger partial charge in [0.2, 0.25) is 5.91 Å². The summed E-state index contributed by atoms with van der Waals surface area (Å²) in [5.41, 5.74) is 3.10. The fourth-order valence-electron chi connectivity index (χ4n) is 2.30. The first kappa shape index (κ1) is 18.3. The molecule has 0 heterocycles. The number of nitrogens with zero attached hydrogens (tertiary/aromatic N) is 1. The van der Waals surface area contributed by atoms with E-state index in [0.717, 1.165) is 17.0 Å². The third kappa shape index (κ3) is 4.97. The van der Waals surface area contributed by atoms with Gasteiger partial charge in [0.05, 0.1) is 13.7 Å². The van der Waals surface area contributed by atoms with E-state index in [1.54, 1.807) is 45.5 Å². The third-order valence-electron chi connectivity index (χ3n) is 3.69. The summed E-state index contributed by atoms with van der Waals surface area (Å²) in [6.45, 7) is 2.09. The molecule has 0 saturated heterocycles. The van der Waals surface area contributed by atoms with Crippen molar-refractivity contribution in [3.05, 3.63) is 53.6 Å². The number of rotatable bonds is 6. The van der Waals surface area contributed by atoms with Crippen LogP contribution in [0.1, 0.15) is 15.9 Å². The van der Waals surface area contributed by atoms with Gasteiger partial charge in [-0.15, -0.1) is 0 Å². The van der Waals surface area contributed by atoms with Crippen LogP contribution in [-0.2, 0) is 4.79 Å². The predicted molar refractivity (Wildman–Crippen MR) is 99.3 cm³/mol. The molecule has 2 rings (SSSR count). The molecular formula is C19H23N3O3. The Morgan fingerprint density at radius 1 is 1.08 bits per heavy atom. The van der Waals surface area contributed by atoms with Gasteiger partial charge in [0, 0.05) is 31.0 Å². The van der Waals surface area contributed by atoms with Crippen LogP contribution in [0.4, 0.5) is 11.4 Å². The van der Waals surface area contributed by atoms with Crippen LogP contribution in [0.5, 0.6) is 5.75 Å². The molecule has 0 radical (unpaired) electrons. The van der Waals surface area contributed by atoms with Crippen LogP contribution in [0.2, 0.25) is 0 Å². The number of anilines is 2. The maximum absolute atomic E-state index is 12.1. The van der Waals surface area contributed by atoms with Gasteiger partial charge in [0.15, 0.2) is 0 Å². The summed E-state index contributed by atoms with van der Waals surface area (Å²) in [7, 11) is 5.02. The molecule has 0 saturated carbocycles. The Bertz CT molecular complexity index is 755. The van der Waals surface area contributed by atoms with Crippen molar-refractivity contribution in [2.75, 3.05) is 38.4 Å². The monoisotopic (exact) mass is 341 g/mol. The lowest BCUT2D eigenvalue weighted by atomic mass is 10.2. The largest absolute Gasteiger partial charge is 0.497 e. The normalized spacial score (nSPS) is 10.1. The highest BCUT2D eigenvalue weighted by Crippen LogP contribution is 2.20. The summed E-state index contributed by atoms with van der Waals surface area (Å²) in [6.07, 6.45) is 0. The summed E-state index contributed by atoms with van der Waals surface area (Å²) < 4.78 is 5.16. The molecule has 0 aliphatic carbocycles. The van der Waals surface area contributed by atoms with Gasteiger partial charge in [-0.2, -0.15) is 0 Å². The SMILES string of the molecule is COc1ccc(NCC(=O)Nc2ccc(C(=O)N(C)C)cc2)c(C)c1. The Labute approximate surface area is 147 Å². The molecule has 2 N–H and O–H groups in total. The lowest BCUT2D eigenvalue weighted by Crippen LogP contribution is -2.23. The zero-order valence-electron chi connectivity index (χ0n) is 14.9. The summed E-state index contributed by atoms with van der Waals surface area (Å²) in [5, 5.41) is 5.90. The highest BCUT2D eigenvalue weighted by Gasteiger charge is 2.08. The van der Waals surface area contributed by atoms with Crippen molar-refractivity contribution in [1.29, 1.82) is 0 Å². The predicted octanol–water partition coefficient (Wildman–Crippen LogP) is 2.76. The number of benzene rings is 2. The Morgan fingerprint density at radius 2 is 1.76 bits per heavy atom. The van der Waals surface area contributed by atoms with Gasteiger partial charge >= 0.3 is 0 Å². The molecule has 132 valence electrons. The van der Waals surface area contributed by atoms with Crippen LogP contribution in [0, 0.1) is 6.92 Å². The number of carbonyl (C=O) groups excluding carboxylic acids is 2. The quantitative estimate of drug-likeness (QED) is 0.847. The molecule has 2 aromatic carbocycles. The minimum absolute atomic E-state index is 0.0745. The molecule has 0 fully saturated rings. The van der Waals surface area contributed by atoms with Gasteiger partial charge in [-0.25, -0.2) is 0 Å². The first-order chi connectivity index (χ1) is 11.9. The smallest absolute Gasteiger partial charge is 0.253 e. The number of carbonyl (C=O) groups is 2. The zero-order chi connectivity index (χ0) is 18.4. The van der Waals surface area contributed by atoms with E-state index in [1.807, 2.05) is 25.1 Å². The molecule has 6 heteroatoms. The number of ether oxygens (including phenoxy) is 1. The average Bonchev–Trinajstić information content (AvgIpc) is 2.60. The molecule has 6 nitrogen and oxygen atoms in total. The minimum atomic E-state index is -0.165. The molecular weight excluding hydrogens is 318 g/mol. The first-order valence-corrected chi connectivity index (χ1v) is 7.91. The second kappa shape index (κ2) is 8.19. The molecule has 0 bridgehead atoms. The van der Waals surface area contributed by atoms with Crippen LogP contribution in [-0.4, -0.2) is 44.5 Å². The van der Waals surface area contributed by atoms with Gasteiger partial charge < -0.3 is 20.3 Å². The summed E-state index contributed by atoms with van der Waals surface area (Å²) in [4.78, 5) is 25.4. The summed E-state index contributed by atoms with van der Waals surface area (Å²) in [6, 6.07) is 12.4. The van der Waals surface area contributed by atoms with E-state index in [4.69, 9.17) is 4.74 Å². The molecule has 0 aliphatic rings. The minimum Gasteiger partial charge on any atom is -0.497 e. The van der Waals surface area contributed by atoms with E-state index < -0.39 is 0 Å². The first-order valence-electron chi connectivity index (χ1n) is 7.91. The van der Waals surface area contributed by atoms with Crippen molar-refractivity contribution in [3.63, 3.8) is 0 Å². The van der Waals surface area contributed by atoms with Crippen molar-refractivity contribution in [2.45, 2.75) is 6.92 Å². The molecule has 0 spiro atoms. The number of aryl methyl sites for hydroxylation is 1. The Kier molecular flexibility index (Phi) is 6.00. The van der Waals surface area contributed by atoms with Gasteiger partial charge in [-0.3, -0.25) is 9.59 Å². The fraction of sp³-hybridized carbons (Fsp3) is 0.263. The van der Waals surface area contributed by atoms with Crippen LogP contribution in [0.25, 0.3) is 0 Å². The Balaban J connectivity index is 1.91. The van der Waals surface area contributed by atoms with Crippen LogP contribution in [0.15, 0.2) is 42.5 Å². The highest BCUT2D eigenvalue weighted by molar-refractivity contribution is 5.96. The van der Waals surface area contributed by atoms with Gasteiger partial charge in [0.25, 0.3) is 5.91 Å². The van der Waals surface area contributed by atoms with Crippen LogP contribution < -0.4 is 15.4 Å². The number of hydrogen-bond donors (Lipinski definition) is 2. The Morgan fingerprint density at radius 3 is 2.32 bits per heavy atom. The van der Waals surface area contributed by atoms with E-state index in [9.17, 15) is 9.59 Å². The van der Waals surface area contributed by atoms with E-state index in [2.05, 4.69) is 10.6 Å². The molecule has 2 aromatic rings. The standard InChI is InChI=1S/C19H23N3O3/c1-13-11-16(25-4)9-10-17(13)20-12-18(23)21-15-7-5-14(6-8-15)19(24)22(2)3/h5-11,20H,12H2,1-4H3,(H,21,23). The number of hydrogen-bond acceptors (Lipinski definition) is 4. The lowest BCUT2D eigenvalue weighted by Gasteiger charge is -2.12. The van der Waals surface area contributed by atoms with Crippen LogP contribution >= 0.6 is 0 Å². The molecule has 0 unspecified atom stereocenters. The second-order valence-corrected chi connectivity index (χ2v) is 5.86. The van der Waals surface area contributed by atoms with Crippen molar-refractivity contribution < 1.29 is 14.3 Å². The average molecular weight is 341 g/mol. The summed E-state index contributed by atoms with van der Waals surface area (Å²) in [5.74, 6) is 0.538. The summed E-state index contributed by atoms with van der Waals surface area (Å²) >= 11 is 0. The number of methoxy groups -OCH3 is 1. The molecule has 0 aromatic heterocycles. The van der Waals surface area contributed by atoms with Crippen molar-refractivity contribution in [2.24, 2.45) is 0 Å². The highest BCUT2D eigenvalue weighted by atomic mass is 16.5. The van der Waals surface area contributed by atoms with Gasteiger partial charge in [0.1, 0.15) is 5.75 Å². The fourth-order valence-corrected chi connectivity index (χ4v) is 2.30. The van der Waals surface area contributed by atoms with Crippen LogP contribution in [0.3, 0.4) is 0 Å². The van der Waals surface area contributed by atoms with E-state index in [-0.39, 0.29) is 18.4 Å². The zero-order valence-corrected chi connectivity index (χ0v) is 14.9. The van der Waals surface area contributed by atoms with Gasteiger partial charge in [-0.1, -0.05) is 0 Å². The topological polar surface area (TPSA) is 70.7 Å². The second-order valence-electron chi connectivity index (χ2n) is 5.86. The maximum Gasteiger partial charge on any atom is 0.253 e. The Hall–Kier alpha value is -3.02. The molecule has 0 aliphatic heterocycles. The maximum atomic E-state index is 12.1. The van der Waals surface area contributed by atoms with E-state index >= 15 is 0 Å².